The molecule has 1 heterocycles. The van der Waals surface area contributed by atoms with Crippen LogP contribution in [0.25, 0.3) is 0 Å². The molecule has 1 aliphatic heterocycles. The number of carbonyl (C=O) groups is 2. The largest absolute Gasteiger partial charge is 0.490 e. The van der Waals surface area contributed by atoms with Crippen LogP contribution in [0.4, 0.5) is 0 Å². The van der Waals surface area contributed by atoms with E-state index in [1.54, 1.807) is 0 Å². The molecule has 0 unspecified atom stereocenters. The fraction of sp³-hybridized carbons (Fsp3) is 0.429. The molecule has 3 aliphatic rings. The van der Waals surface area contributed by atoms with E-state index in [1.807, 2.05) is 37.3 Å². The lowest BCUT2D eigenvalue weighted by Crippen LogP contribution is -2.44. The van der Waals surface area contributed by atoms with Crippen molar-refractivity contribution in [2.75, 3.05) is 13.2 Å². The van der Waals surface area contributed by atoms with E-state index in [4.69, 9.17) is 15.9 Å². The van der Waals surface area contributed by atoms with Crippen molar-refractivity contribution in [2.45, 2.75) is 72.8 Å². The molecular formula is C35H38INO4. The molecule has 2 aliphatic carbocycles. The van der Waals surface area contributed by atoms with Crippen LogP contribution >= 0.6 is 22.6 Å². The van der Waals surface area contributed by atoms with Crippen molar-refractivity contribution in [1.82, 2.24) is 4.90 Å². The number of rotatable bonds is 7. The molecule has 5 rings (SSSR count). The molecule has 6 heteroatoms. The Hall–Kier alpha value is -3.05. The average Bonchev–Trinajstić information content (AvgIpc) is 2.88. The second-order valence-electron chi connectivity index (χ2n) is 12.9. The van der Waals surface area contributed by atoms with Gasteiger partial charge in [0.05, 0.1) is 10.2 Å². The summed E-state index contributed by atoms with van der Waals surface area (Å²) in [7, 11) is 0. The quantitative estimate of drug-likeness (QED) is 0.226. The second-order valence-corrected chi connectivity index (χ2v) is 14.0. The third-order valence-electron chi connectivity index (χ3n) is 8.17. The maximum atomic E-state index is 14.1. The van der Waals surface area contributed by atoms with Gasteiger partial charge in [0.15, 0.2) is 23.1 Å². The fourth-order valence-corrected chi connectivity index (χ4v) is 7.39. The Balaban J connectivity index is 1.77. The van der Waals surface area contributed by atoms with Gasteiger partial charge in [0, 0.05) is 47.8 Å². The summed E-state index contributed by atoms with van der Waals surface area (Å²) >= 11 is 2.24. The van der Waals surface area contributed by atoms with E-state index >= 15 is 0 Å². The highest BCUT2D eigenvalue weighted by Gasteiger charge is 2.49. The molecule has 0 fully saturated rings. The van der Waals surface area contributed by atoms with Gasteiger partial charge in [-0.05, 0) is 76.4 Å². The minimum absolute atomic E-state index is 0.115. The maximum absolute atomic E-state index is 14.1. The van der Waals surface area contributed by atoms with Crippen LogP contribution in [-0.4, -0.2) is 29.7 Å². The van der Waals surface area contributed by atoms with E-state index in [-0.39, 0.29) is 29.0 Å². The van der Waals surface area contributed by atoms with Crippen molar-refractivity contribution in [3.05, 3.63) is 79.7 Å². The Kier molecular flexibility index (Phi) is 8.13. The lowest BCUT2D eigenvalue weighted by Gasteiger charge is -2.49. The zero-order valence-corrected chi connectivity index (χ0v) is 26.8. The molecule has 0 N–H and O–H groups in total. The smallest absolute Gasteiger partial charge is 0.175 e. The molecule has 0 aromatic heterocycles. The number of nitrogens with zero attached hydrogens (tertiary/aromatic N) is 1. The summed E-state index contributed by atoms with van der Waals surface area (Å²) in [4.78, 5) is 30.6. The average molecular weight is 664 g/mol. The lowest BCUT2D eigenvalue weighted by molar-refractivity contribution is -0.119. The number of Topliss-reactive ketones (excluding diaryl/α,β-unsaturated/α-hetero) is 2. The number of halogens is 1. The topological polar surface area (TPSA) is 55.8 Å². The highest BCUT2D eigenvalue weighted by Crippen LogP contribution is 2.55. The molecule has 0 saturated heterocycles. The third-order valence-corrected chi connectivity index (χ3v) is 8.97. The van der Waals surface area contributed by atoms with Crippen LogP contribution in [0.2, 0.25) is 0 Å². The highest BCUT2D eigenvalue weighted by molar-refractivity contribution is 14.1. The predicted octanol–water partition coefficient (Wildman–Crippen LogP) is 7.59. The standard InChI is InChI=1S/C35H38INO4/c1-7-14-41-33-24(36)15-23(16-29(33)40-8-2)30-31-25(17-34(3,4)19-27(31)38)37(21-22-12-10-9-11-13-22)26-18-35(5,6)20-28(39)32(26)30/h1,9-13,15-16,30H,8,14,17-21H2,2-6H3. The Labute approximate surface area is 257 Å². The second kappa shape index (κ2) is 11.3. The van der Waals surface area contributed by atoms with Crippen molar-refractivity contribution < 1.29 is 19.1 Å². The summed E-state index contributed by atoms with van der Waals surface area (Å²) in [6.45, 7) is 11.8. The van der Waals surface area contributed by atoms with Crippen LogP contribution in [0.3, 0.4) is 0 Å². The Morgan fingerprint density at radius 3 is 2.05 bits per heavy atom. The van der Waals surface area contributed by atoms with Crippen LogP contribution in [0.1, 0.15) is 77.3 Å². The first-order valence-corrected chi connectivity index (χ1v) is 15.4. The van der Waals surface area contributed by atoms with Crippen LogP contribution in [-0.2, 0) is 16.1 Å². The van der Waals surface area contributed by atoms with Crippen LogP contribution in [0.5, 0.6) is 11.5 Å². The van der Waals surface area contributed by atoms with Crippen molar-refractivity contribution in [3.63, 3.8) is 0 Å². The summed E-state index contributed by atoms with van der Waals surface area (Å²) < 4.78 is 12.7. The number of hydrogen-bond donors (Lipinski definition) is 0. The first-order valence-electron chi connectivity index (χ1n) is 14.3. The fourth-order valence-electron chi connectivity index (χ4n) is 6.61. The summed E-state index contributed by atoms with van der Waals surface area (Å²) in [5, 5.41) is 0. The van der Waals surface area contributed by atoms with Gasteiger partial charge in [-0.25, -0.2) is 0 Å². The van der Waals surface area contributed by atoms with Gasteiger partial charge in [-0.3, -0.25) is 9.59 Å². The van der Waals surface area contributed by atoms with Gasteiger partial charge in [0.25, 0.3) is 0 Å². The molecule has 214 valence electrons. The molecule has 0 spiro atoms. The zero-order chi connectivity index (χ0) is 29.5. The summed E-state index contributed by atoms with van der Waals surface area (Å²) in [5.74, 6) is 3.47. The van der Waals surface area contributed by atoms with Crippen molar-refractivity contribution in [3.8, 4) is 23.8 Å². The Morgan fingerprint density at radius 1 is 0.927 bits per heavy atom. The molecule has 41 heavy (non-hydrogen) atoms. The minimum Gasteiger partial charge on any atom is -0.490 e. The van der Waals surface area contributed by atoms with Crippen molar-refractivity contribution >= 4 is 34.2 Å². The monoisotopic (exact) mass is 663 g/mol. The molecular weight excluding hydrogens is 625 g/mol. The van der Waals surface area contributed by atoms with Gasteiger partial charge in [0.2, 0.25) is 0 Å². The number of ketones is 2. The Bertz CT molecular complexity index is 1440. The molecule has 2 aromatic rings. The first kappa shape index (κ1) is 29.4. The molecule has 0 bridgehead atoms. The third kappa shape index (κ3) is 5.83. The molecule has 0 saturated carbocycles. The van der Waals surface area contributed by atoms with E-state index in [9.17, 15) is 9.59 Å². The number of benzene rings is 2. The van der Waals surface area contributed by atoms with Gasteiger partial charge in [-0.1, -0.05) is 63.9 Å². The number of hydrogen-bond acceptors (Lipinski definition) is 5. The van der Waals surface area contributed by atoms with Gasteiger partial charge in [-0.15, -0.1) is 6.42 Å². The Morgan fingerprint density at radius 2 is 1.51 bits per heavy atom. The van der Waals surface area contributed by atoms with Crippen LogP contribution in [0.15, 0.2) is 65.0 Å². The molecule has 0 atom stereocenters. The van der Waals surface area contributed by atoms with Gasteiger partial charge >= 0.3 is 0 Å². The highest BCUT2D eigenvalue weighted by atomic mass is 127. The van der Waals surface area contributed by atoms with E-state index in [0.717, 1.165) is 50.1 Å². The van der Waals surface area contributed by atoms with Gasteiger partial charge in [0.1, 0.15) is 6.61 Å². The number of ether oxygens (including phenoxy) is 2. The van der Waals surface area contributed by atoms with Crippen molar-refractivity contribution in [1.29, 1.82) is 0 Å². The normalized spacial score (nSPS) is 20.0. The SMILES string of the molecule is C#CCOc1c(I)cc(C2C3=C(CC(C)(C)CC3=O)N(Cc3ccccc3)C3=C2C(=O)CC(C)(C)C3)cc1OCC. The van der Waals surface area contributed by atoms with E-state index in [2.05, 4.69) is 73.2 Å². The summed E-state index contributed by atoms with van der Waals surface area (Å²) in [6.07, 6.45) is 7.90. The van der Waals surface area contributed by atoms with E-state index < -0.39 is 5.92 Å². The molecule has 5 nitrogen and oxygen atoms in total. The minimum atomic E-state index is -0.450. The predicted molar refractivity (Wildman–Crippen MR) is 169 cm³/mol. The lowest BCUT2D eigenvalue weighted by atomic mass is 9.63. The number of allylic oxidation sites excluding steroid dienone is 4. The van der Waals surface area contributed by atoms with Crippen molar-refractivity contribution in [2.24, 2.45) is 10.8 Å². The van der Waals surface area contributed by atoms with Crippen LogP contribution < -0.4 is 9.47 Å². The first-order chi connectivity index (χ1) is 19.4. The molecule has 0 amide bonds. The van der Waals surface area contributed by atoms with Gasteiger partial charge in [-0.2, -0.15) is 0 Å². The van der Waals surface area contributed by atoms with E-state index in [1.165, 1.54) is 0 Å². The zero-order valence-electron chi connectivity index (χ0n) is 24.6. The molecule has 0 radical (unpaired) electrons. The molecule has 2 aromatic carbocycles. The van der Waals surface area contributed by atoms with E-state index in [0.29, 0.717) is 37.5 Å². The maximum Gasteiger partial charge on any atom is 0.175 e. The van der Waals surface area contributed by atoms with Crippen LogP contribution in [0, 0.1) is 26.7 Å². The summed E-state index contributed by atoms with van der Waals surface area (Å²) in [5.41, 5.74) is 5.27. The number of terminal acetylenes is 1. The summed E-state index contributed by atoms with van der Waals surface area (Å²) in [6, 6.07) is 14.3. The number of carbonyl (C=O) groups excluding carboxylic acids is 2. The van der Waals surface area contributed by atoms with Gasteiger partial charge < -0.3 is 14.4 Å².